The molecule has 20 nitrogen and oxygen atoms in total. The van der Waals surface area contributed by atoms with Crippen molar-refractivity contribution in [2.75, 3.05) is 49.4 Å². The molecule has 8 atom stereocenters. The lowest BCUT2D eigenvalue weighted by molar-refractivity contribution is -0.149. The number of hydrogen-bond acceptors (Lipinski definition) is 22. The fourth-order valence-electron chi connectivity index (χ4n) is 10.7. The quantitative estimate of drug-likeness (QED) is 0.0158. The minimum Gasteiger partial charge on any atom is -0.466 e. The maximum absolute atomic E-state index is 13.3. The van der Waals surface area contributed by atoms with Crippen LogP contribution in [-0.4, -0.2) is 162 Å². The summed E-state index contributed by atoms with van der Waals surface area (Å²) >= 11 is 16.9. The van der Waals surface area contributed by atoms with E-state index in [2.05, 4.69) is 93.7 Å². The van der Waals surface area contributed by atoms with E-state index < -0.39 is 58.3 Å². The number of nitrogens with one attached hydrogen (secondary N) is 2. The molecule has 26 heteroatoms. The Labute approximate surface area is 769 Å². The maximum atomic E-state index is 13.3. The zero-order valence-electron chi connectivity index (χ0n) is 75.1. The summed E-state index contributed by atoms with van der Waals surface area (Å²) in [4.78, 5) is 146. The van der Waals surface area contributed by atoms with E-state index in [1.165, 1.54) is 0 Å². The normalized spacial score (nSPS) is 12.9. The van der Waals surface area contributed by atoms with Crippen LogP contribution in [0.1, 0.15) is 233 Å². The summed E-state index contributed by atoms with van der Waals surface area (Å²) in [5.41, 5.74) is 15.9. The van der Waals surface area contributed by atoms with Crippen molar-refractivity contribution in [2.45, 2.75) is 235 Å². The van der Waals surface area contributed by atoms with Crippen LogP contribution in [0.4, 0.5) is 0 Å². The highest BCUT2D eigenvalue weighted by Gasteiger charge is 2.35. The molecule has 0 aliphatic carbocycles. The van der Waals surface area contributed by atoms with Gasteiger partial charge < -0.3 is 41.0 Å². The summed E-state index contributed by atoms with van der Waals surface area (Å²) in [6, 6.07) is 51.8. The Kier molecular flexibility index (Phi) is 60.1. The number of halogens is 2. The predicted molar refractivity (Wildman–Crippen MR) is 518 cm³/mol. The lowest BCUT2D eigenvalue weighted by atomic mass is 9.93. The molecule has 0 fully saturated rings. The molecule has 0 aliphatic heterocycles. The van der Waals surface area contributed by atoms with Crippen LogP contribution < -0.4 is 22.1 Å². The highest BCUT2D eigenvalue weighted by molar-refractivity contribution is 8.01. The molecule has 0 radical (unpaired) electrons. The fourth-order valence-corrected chi connectivity index (χ4v) is 14.7. The number of thioether (sulfide) groups is 4. The molecular weight excluding hydrogens is 1690 g/mol. The van der Waals surface area contributed by atoms with Crippen LogP contribution in [0.15, 0.2) is 182 Å². The van der Waals surface area contributed by atoms with Gasteiger partial charge in [-0.15, -0.1) is 0 Å². The maximum Gasteiger partial charge on any atom is 0.310 e. The number of Topliss-reactive ketones (excluding diaryl/α,β-unsaturated/α-hetero) is 4. The number of carbonyl (C=O) groups is 12. The van der Waals surface area contributed by atoms with Gasteiger partial charge in [-0.2, -0.15) is 47.0 Å². The van der Waals surface area contributed by atoms with Crippen molar-refractivity contribution in [3.8, 4) is 0 Å². The van der Waals surface area contributed by atoms with E-state index >= 15 is 0 Å². The minimum absolute atomic E-state index is 0. The van der Waals surface area contributed by atoms with Crippen LogP contribution in [-0.2, 0) is 70.1 Å². The summed E-state index contributed by atoms with van der Waals surface area (Å²) in [5.74, 6) is -2.20. The third-order valence-electron chi connectivity index (χ3n) is 17.3. The number of ether oxygens (including phenoxy) is 4. The van der Waals surface area contributed by atoms with Gasteiger partial charge in [-0.1, -0.05) is 283 Å². The second kappa shape index (κ2) is 63.1. The van der Waals surface area contributed by atoms with Gasteiger partial charge in [-0.05, 0) is 111 Å². The van der Waals surface area contributed by atoms with E-state index in [0.717, 1.165) is 11.1 Å². The Morgan fingerprint density at radius 1 is 0.347 bits per heavy atom. The van der Waals surface area contributed by atoms with Gasteiger partial charge in [0.25, 0.3) is 22.3 Å². The van der Waals surface area contributed by atoms with Crippen molar-refractivity contribution >= 4 is 140 Å². The Hall–Kier alpha value is -7.94. The number of hydrogen-bond donors (Lipinski definition) is 4. The first-order valence-electron chi connectivity index (χ1n) is 41.3. The average Bonchev–Trinajstić information content (AvgIpc) is 0.862. The minimum atomic E-state index is -0.735. The molecule has 124 heavy (non-hydrogen) atoms. The van der Waals surface area contributed by atoms with Gasteiger partial charge in [0.1, 0.15) is 0 Å². The van der Waals surface area contributed by atoms with Crippen LogP contribution >= 0.6 is 70.2 Å². The van der Waals surface area contributed by atoms with Gasteiger partial charge in [0.2, 0.25) is 0 Å². The highest BCUT2D eigenvalue weighted by Crippen LogP contribution is 2.32. The van der Waals surface area contributed by atoms with E-state index in [1.54, 1.807) is 172 Å². The van der Waals surface area contributed by atoms with Crippen molar-refractivity contribution in [2.24, 2.45) is 47.0 Å². The van der Waals surface area contributed by atoms with Crippen molar-refractivity contribution in [3.05, 3.63) is 215 Å². The molecule has 0 saturated heterocycles. The molecule has 0 aromatic heterocycles. The number of rotatable bonds is 40. The Balaban J connectivity index is -0.00000149. The number of carbonyl (C=O) groups excluding carboxylic acids is 12. The largest absolute Gasteiger partial charge is 0.466 e. The first-order chi connectivity index (χ1) is 57.2. The first kappa shape index (κ1) is 118. The molecule has 6 aromatic rings. The lowest BCUT2D eigenvalue weighted by Gasteiger charge is -2.25. The fraction of sp³-hybridized carbons (Fsp3) is 0.510. The van der Waals surface area contributed by atoms with Gasteiger partial charge in [0.05, 0.1) is 74.3 Å². The zero-order chi connectivity index (χ0) is 92.3. The number of benzene rings is 6. The van der Waals surface area contributed by atoms with Crippen LogP contribution in [0.2, 0.25) is 0 Å². The van der Waals surface area contributed by atoms with Crippen molar-refractivity contribution in [3.63, 3.8) is 0 Å². The molecule has 0 aliphatic rings. The molecule has 2 amide bonds. The summed E-state index contributed by atoms with van der Waals surface area (Å²) in [7, 11) is 0. The van der Waals surface area contributed by atoms with E-state index in [4.69, 9.17) is 53.6 Å². The van der Waals surface area contributed by atoms with Gasteiger partial charge in [0.15, 0.2) is 23.1 Å². The molecule has 0 bridgehead atoms. The topological polar surface area (TPSA) is 318 Å². The monoisotopic (exact) mass is 1830 g/mol. The van der Waals surface area contributed by atoms with Crippen LogP contribution in [0.5, 0.6) is 0 Å². The SMILES string of the molecule is C.C.CCOC(=O)[C@H](CSC(C)(C)C)CC(=O)[C@@H](N)C(C)C.CCOC(=O)[C@H](CSC(C)(C)C)CC(=O)[C@@H](N)Cc1ccccc1.CCOC(=O)[C@H](CSC(C)(C)C)CC(=O)[C@@H](NC(=O)c1ccccc1)C(C)C.CCOC(=O)[C@H](CSC(C)(C)C)CC(=O)[C@H](Cc1ccccc1)NC(=O)c1ccccc1.O=C(Cl)c1ccccc1.O=C(Cl)c1ccccc1.[2HH]. The van der Waals surface area contributed by atoms with E-state index in [-0.39, 0.29) is 145 Å². The van der Waals surface area contributed by atoms with E-state index in [1.807, 2.05) is 113 Å². The summed E-state index contributed by atoms with van der Waals surface area (Å²) in [5, 5.41) is 4.90. The third-order valence-corrected chi connectivity index (χ3v) is 23.5. The average molecular weight is 1830 g/mol. The molecular formula is C98H144Cl2N4O16S4. The lowest BCUT2D eigenvalue weighted by Crippen LogP contribution is -2.45. The van der Waals surface area contributed by atoms with Crippen LogP contribution in [0, 0.1) is 35.5 Å². The molecule has 0 heterocycles. The zero-order valence-corrected chi connectivity index (χ0v) is 79.8. The molecule has 0 unspecified atom stereocenters. The first-order valence-corrected chi connectivity index (χ1v) is 46.0. The second-order valence-electron chi connectivity index (χ2n) is 33.2. The Bertz CT molecular complexity index is 4050. The van der Waals surface area contributed by atoms with Crippen molar-refractivity contribution < 1.29 is 77.9 Å². The van der Waals surface area contributed by atoms with Gasteiger partial charge in [-0.25, -0.2) is 0 Å². The van der Waals surface area contributed by atoms with E-state index in [9.17, 15) is 57.5 Å². The summed E-state index contributed by atoms with van der Waals surface area (Å²) in [6.07, 6.45) is 1.23. The number of amides is 2. The number of nitrogens with two attached hydrogens (primary N) is 2. The van der Waals surface area contributed by atoms with Gasteiger partial charge in [0, 0.05) is 91.4 Å². The molecule has 0 saturated carbocycles. The van der Waals surface area contributed by atoms with Gasteiger partial charge in [-0.3, -0.25) is 57.5 Å². The van der Waals surface area contributed by atoms with Gasteiger partial charge >= 0.3 is 23.9 Å². The van der Waals surface area contributed by atoms with Crippen LogP contribution in [0.3, 0.4) is 0 Å². The molecule has 6 aromatic carbocycles. The molecule has 6 N–H and O–H groups in total. The third kappa shape index (κ3) is 54.2. The molecule has 6 rings (SSSR count). The van der Waals surface area contributed by atoms with Crippen molar-refractivity contribution in [1.29, 1.82) is 0 Å². The predicted octanol–water partition coefficient (Wildman–Crippen LogP) is 20.3. The summed E-state index contributed by atoms with van der Waals surface area (Å²) in [6.45, 7) is 40.8. The summed E-state index contributed by atoms with van der Waals surface area (Å²) < 4.78 is 20.6. The van der Waals surface area contributed by atoms with E-state index in [0.29, 0.717) is 71.3 Å². The number of esters is 4. The number of ketones is 4. The molecule has 690 valence electrons. The Morgan fingerprint density at radius 3 is 0.855 bits per heavy atom. The highest BCUT2D eigenvalue weighted by atomic mass is 35.5. The van der Waals surface area contributed by atoms with Crippen LogP contribution in [0.25, 0.3) is 0 Å². The smallest absolute Gasteiger partial charge is 0.310 e. The Morgan fingerprint density at radius 2 is 0.597 bits per heavy atom. The second-order valence-corrected chi connectivity index (χ2v) is 41.2. The molecule has 0 spiro atoms. The standard InChI is InChI=1S/C26H33NO4S.C22H33NO4S.C19H29NO3S.C15H29NO3S.2C7H5ClO.2CH4.H2/c1-5-31-25(30)21(18-32-26(2,3)4)17-23(28)22(16-19-12-8-6-9-13-19)27-24(29)20-14-10-7-11-15-20;1-7-27-21(26)17(14-28-22(4,5)6)13-18(24)19(15(2)3)23-20(25)16-11-9-8-10-12-16;1-5-23-18(22)15(13-24-19(2,3)4)12-17(21)16(20)11-14-9-7-6-8-10-14;1-7-19-14(18)11(9-20-15(4,5)6)8-12(17)13(16)10(2)3;2*8-7(9)6-4-2-1-3-5-6;;;/h6-15,21-22H,5,16-18H2,1-4H3,(H,27,29);8-12,15,17,19H,7,13-14H2,1-6H3,(H,23,25);6-10,15-16H,5,11-13,20H2,1-4H3;10-11,13H,7-9,16H2,1-6H3;2*1-5H;2*1H4;1H/t21-,22-;17-,19-;15-,16-;11-,13-;;;;;/m0000...../s1/i;;;;;;;;1+1. The van der Waals surface area contributed by atoms with Crippen molar-refractivity contribution in [1.82, 2.24) is 10.6 Å².